The molecule has 3 aromatic rings. The monoisotopic (exact) mass is 414 g/mol. The van der Waals surface area contributed by atoms with Crippen LogP contribution in [0.15, 0.2) is 46.0 Å². The lowest BCUT2D eigenvalue weighted by Gasteiger charge is -2.10. The molecule has 0 bridgehead atoms. The lowest BCUT2D eigenvalue weighted by Crippen LogP contribution is -2.08. The third-order valence-electron chi connectivity index (χ3n) is 3.68. The second-order valence-electron chi connectivity index (χ2n) is 5.61. The van der Waals surface area contributed by atoms with E-state index < -0.39 is 5.97 Å². The Morgan fingerprint density at radius 2 is 2.03 bits per heavy atom. The molecule has 0 radical (unpaired) electrons. The largest absolute Gasteiger partial charge is 0.487 e. The molecule has 1 aromatic carbocycles. The number of benzene rings is 1. The van der Waals surface area contributed by atoms with Crippen molar-refractivity contribution in [3.63, 3.8) is 0 Å². The van der Waals surface area contributed by atoms with E-state index in [1.807, 2.05) is 6.07 Å². The number of rotatable bonds is 7. The number of nitriles is 1. The van der Waals surface area contributed by atoms with Gasteiger partial charge in [-0.15, -0.1) is 0 Å². The van der Waals surface area contributed by atoms with Crippen molar-refractivity contribution in [2.75, 3.05) is 12.8 Å². The highest BCUT2D eigenvalue weighted by Crippen LogP contribution is 2.25. The Balaban J connectivity index is 1.72. The predicted molar refractivity (Wildman–Crippen MR) is 101 cm³/mol. The Hall–Kier alpha value is -3.58. The molecular weight excluding hydrogens is 399 g/mol. The molecule has 8 nitrogen and oxygen atoms in total. The lowest BCUT2D eigenvalue weighted by molar-refractivity contribution is 0.0563. The molecule has 2 aromatic heterocycles. The minimum absolute atomic E-state index is 0.0254. The van der Waals surface area contributed by atoms with Crippen LogP contribution in [0.5, 0.6) is 5.75 Å². The van der Waals surface area contributed by atoms with Gasteiger partial charge >= 0.3 is 5.97 Å². The zero-order valence-electron chi connectivity index (χ0n) is 15.2. The van der Waals surface area contributed by atoms with Gasteiger partial charge in [-0.2, -0.15) is 5.26 Å². The summed E-state index contributed by atoms with van der Waals surface area (Å²) in [6.45, 7) is -0.0396. The highest BCUT2D eigenvalue weighted by atomic mass is 32.2. The quantitative estimate of drug-likeness (QED) is 0.352. The van der Waals surface area contributed by atoms with Crippen LogP contribution in [-0.2, 0) is 17.1 Å². The number of carbonyl (C=O) groups is 1. The third-order valence-corrected chi connectivity index (χ3v) is 4.55. The van der Waals surface area contributed by atoms with Crippen LogP contribution in [-0.4, -0.2) is 23.0 Å². The molecule has 0 aliphatic rings. The van der Waals surface area contributed by atoms with Crippen LogP contribution >= 0.6 is 11.8 Å². The van der Waals surface area contributed by atoms with E-state index in [2.05, 4.69) is 14.7 Å². The number of esters is 1. The van der Waals surface area contributed by atoms with Gasteiger partial charge in [-0.1, -0.05) is 11.8 Å². The lowest BCUT2D eigenvalue weighted by atomic mass is 10.2. The zero-order chi connectivity index (χ0) is 20.8. The van der Waals surface area contributed by atoms with Gasteiger partial charge in [-0.3, -0.25) is 0 Å². The molecule has 29 heavy (non-hydrogen) atoms. The maximum Gasteiger partial charge on any atom is 0.373 e. The first-order valence-corrected chi connectivity index (χ1v) is 9.23. The second kappa shape index (κ2) is 9.07. The molecule has 2 heterocycles. The van der Waals surface area contributed by atoms with Crippen molar-refractivity contribution in [2.24, 2.45) is 0 Å². The van der Waals surface area contributed by atoms with Crippen molar-refractivity contribution in [1.29, 1.82) is 5.26 Å². The number of furan rings is 1. The number of aromatic nitrogens is 2. The van der Waals surface area contributed by atoms with Crippen LogP contribution in [0.2, 0.25) is 0 Å². The van der Waals surface area contributed by atoms with Crippen molar-refractivity contribution < 1.29 is 23.1 Å². The van der Waals surface area contributed by atoms with E-state index in [-0.39, 0.29) is 29.6 Å². The number of nitrogens with two attached hydrogens (primary N) is 1. The van der Waals surface area contributed by atoms with Gasteiger partial charge in [0, 0.05) is 0 Å². The van der Waals surface area contributed by atoms with Gasteiger partial charge in [0.2, 0.25) is 5.76 Å². The maximum atomic E-state index is 13.0. The van der Waals surface area contributed by atoms with Crippen molar-refractivity contribution in [2.45, 2.75) is 17.5 Å². The molecule has 3 rings (SSSR count). The van der Waals surface area contributed by atoms with Crippen LogP contribution in [0.3, 0.4) is 0 Å². The normalized spacial score (nSPS) is 10.4. The van der Waals surface area contributed by atoms with Crippen molar-refractivity contribution >= 4 is 23.5 Å². The smallest absolute Gasteiger partial charge is 0.373 e. The van der Waals surface area contributed by atoms with Gasteiger partial charge in [0.15, 0.2) is 5.16 Å². The van der Waals surface area contributed by atoms with Crippen molar-refractivity contribution in [1.82, 2.24) is 9.97 Å². The summed E-state index contributed by atoms with van der Waals surface area (Å²) < 4.78 is 28.5. The summed E-state index contributed by atoms with van der Waals surface area (Å²) >= 11 is 1.21. The Kier molecular flexibility index (Phi) is 6.31. The molecule has 0 amide bonds. The fourth-order valence-electron chi connectivity index (χ4n) is 2.28. The number of nitrogens with zero attached hydrogens (tertiary/aromatic N) is 3. The predicted octanol–water partition coefficient (Wildman–Crippen LogP) is 3.32. The minimum atomic E-state index is -0.569. The van der Waals surface area contributed by atoms with E-state index in [1.165, 1.54) is 49.2 Å². The van der Waals surface area contributed by atoms with Gasteiger partial charge in [-0.05, 0) is 36.4 Å². The van der Waals surface area contributed by atoms with Gasteiger partial charge in [0.25, 0.3) is 0 Å². The molecule has 0 aliphatic heterocycles. The van der Waals surface area contributed by atoms with Crippen LogP contribution < -0.4 is 10.5 Å². The van der Waals surface area contributed by atoms with Crippen molar-refractivity contribution in [3.05, 3.63) is 65.0 Å². The second-order valence-corrected chi connectivity index (χ2v) is 6.56. The number of hydrogen-bond acceptors (Lipinski definition) is 9. The minimum Gasteiger partial charge on any atom is -0.487 e. The van der Waals surface area contributed by atoms with E-state index in [4.69, 9.17) is 14.9 Å². The van der Waals surface area contributed by atoms with Crippen molar-refractivity contribution in [3.8, 4) is 11.8 Å². The van der Waals surface area contributed by atoms with Gasteiger partial charge in [0.05, 0.1) is 12.9 Å². The molecule has 0 fully saturated rings. The first-order valence-electron chi connectivity index (χ1n) is 8.25. The summed E-state index contributed by atoms with van der Waals surface area (Å²) in [7, 11) is 1.27. The molecule has 0 atom stereocenters. The van der Waals surface area contributed by atoms with Crippen LogP contribution in [0.1, 0.15) is 27.6 Å². The highest BCUT2D eigenvalue weighted by Gasteiger charge is 2.15. The SMILES string of the molecule is COC(=O)c1ccc(CSc2nc(N)c(C#N)c(COc3ccc(F)cc3)n2)o1. The van der Waals surface area contributed by atoms with E-state index in [0.29, 0.717) is 28.1 Å². The van der Waals surface area contributed by atoms with Crippen LogP contribution in [0.25, 0.3) is 0 Å². The molecule has 0 saturated heterocycles. The number of halogens is 1. The van der Waals surface area contributed by atoms with Crippen LogP contribution in [0, 0.1) is 17.1 Å². The van der Waals surface area contributed by atoms with Crippen LogP contribution in [0.4, 0.5) is 10.2 Å². The fourth-order valence-corrected chi connectivity index (χ4v) is 3.04. The Labute approximate surface area is 169 Å². The Morgan fingerprint density at radius 1 is 1.28 bits per heavy atom. The van der Waals surface area contributed by atoms with E-state index >= 15 is 0 Å². The summed E-state index contributed by atoms with van der Waals surface area (Å²) in [6, 6.07) is 10.6. The molecular formula is C19H15FN4O4S. The topological polar surface area (TPSA) is 124 Å². The maximum absolute atomic E-state index is 13.0. The average molecular weight is 414 g/mol. The van der Waals surface area contributed by atoms with Gasteiger partial charge < -0.3 is 19.6 Å². The molecule has 2 N–H and O–H groups in total. The Bertz CT molecular complexity index is 1060. The van der Waals surface area contributed by atoms with Gasteiger partial charge in [-0.25, -0.2) is 19.2 Å². The van der Waals surface area contributed by atoms with E-state index in [1.54, 1.807) is 6.07 Å². The number of carbonyl (C=O) groups excluding carboxylic acids is 1. The molecule has 10 heteroatoms. The first kappa shape index (κ1) is 20.2. The van der Waals surface area contributed by atoms with E-state index in [9.17, 15) is 14.4 Å². The molecule has 0 spiro atoms. The molecule has 0 unspecified atom stereocenters. The Morgan fingerprint density at radius 3 is 2.72 bits per heavy atom. The fraction of sp³-hybridized carbons (Fsp3) is 0.158. The van der Waals surface area contributed by atoms with E-state index in [0.717, 1.165) is 0 Å². The standard InChI is InChI=1S/C19H15FN4O4S/c1-26-18(25)16-7-6-13(28-16)10-29-19-23-15(14(8-21)17(22)24-19)9-27-12-4-2-11(20)3-5-12/h2-7H,9-10H2,1H3,(H2,22,23,24). The molecule has 0 aliphatic carbocycles. The first-order chi connectivity index (χ1) is 14.0. The number of methoxy groups -OCH3 is 1. The highest BCUT2D eigenvalue weighted by molar-refractivity contribution is 7.98. The number of ether oxygens (including phenoxy) is 2. The molecule has 0 saturated carbocycles. The summed E-state index contributed by atoms with van der Waals surface area (Å²) in [4.78, 5) is 19.9. The summed E-state index contributed by atoms with van der Waals surface area (Å²) in [5, 5.41) is 9.64. The summed E-state index contributed by atoms with van der Waals surface area (Å²) in [5.41, 5.74) is 6.30. The number of thioether (sulfide) groups is 1. The summed E-state index contributed by atoms with van der Waals surface area (Å²) in [5.74, 6) is 0.446. The zero-order valence-corrected chi connectivity index (χ0v) is 16.0. The third kappa shape index (κ3) is 5.03. The number of anilines is 1. The number of nitrogen functional groups attached to an aromatic ring is 1. The summed E-state index contributed by atoms with van der Waals surface area (Å²) in [6.07, 6.45) is 0. The van der Waals surface area contributed by atoms with Gasteiger partial charge in [0.1, 0.15) is 47.1 Å². The number of hydrogen-bond donors (Lipinski definition) is 1. The average Bonchev–Trinajstić information content (AvgIpc) is 3.20. The molecule has 148 valence electrons.